The van der Waals surface area contributed by atoms with Crippen LogP contribution >= 0.6 is 15.9 Å². The van der Waals surface area contributed by atoms with E-state index in [1.807, 2.05) is 35.8 Å². The molecule has 0 radical (unpaired) electrons. The zero-order chi connectivity index (χ0) is 26.7. The number of carbonyl (C=O) groups is 1. The van der Waals surface area contributed by atoms with Crippen LogP contribution in [0.3, 0.4) is 0 Å². The molecule has 0 aliphatic rings. The lowest BCUT2D eigenvalue weighted by molar-refractivity contribution is -0.137. The Bertz CT molecular complexity index is 1450. The van der Waals surface area contributed by atoms with E-state index < -0.39 is 23.5 Å². The van der Waals surface area contributed by atoms with Crippen molar-refractivity contribution in [3.05, 3.63) is 105 Å². The molecule has 0 aliphatic heterocycles. The van der Waals surface area contributed by atoms with Gasteiger partial charge in [0.15, 0.2) is 0 Å². The molecule has 4 rings (SSSR count). The Hall–Kier alpha value is -3.59. The Morgan fingerprint density at radius 3 is 2.49 bits per heavy atom. The quantitative estimate of drug-likeness (QED) is 0.165. The predicted molar refractivity (Wildman–Crippen MR) is 135 cm³/mol. The molecule has 0 unspecified atom stereocenters. The largest absolute Gasteiger partial charge is 0.488 e. The number of alkyl halides is 3. The van der Waals surface area contributed by atoms with Crippen LogP contribution in [0.5, 0.6) is 5.75 Å². The van der Waals surface area contributed by atoms with Gasteiger partial charge in [0, 0.05) is 27.0 Å². The van der Waals surface area contributed by atoms with Crippen molar-refractivity contribution in [3.63, 3.8) is 0 Å². The summed E-state index contributed by atoms with van der Waals surface area (Å²) in [5.41, 5.74) is 2.35. The van der Waals surface area contributed by atoms with Crippen LogP contribution in [0.4, 0.5) is 17.6 Å². The van der Waals surface area contributed by atoms with Gasteiger partial charge in [-0.15, -0.1) is 0 Å². The molecule has 0 saturated carbocycles. The fraction of sp³-hybridized carbons (Fsp3) is 0.179. The van der Waals surface area contributed by atoms with E-state index in [1.165, 1.54) is 0 Å². The van der Waals surface area contributed by atoms with Crippen LogP contribution in [0.15, 0.2) is 77.3 Å². The number of hydrogen-bond acceptors (Lipinski definition) is 3. The van der Waals surface area contributed by atoms with Gasteiger partial charge in [0.2, 0.25) is 0 Å². The van der Waals surface area contributed by atoms with E-state index in [4.69, 9.17) is 9.47 Å². The maximum Gasteiger partial charge on any atom is 0.416 e. The fourth-order valence-corrected chi connectivity index (χ4v) is 4.26. The zero-order valence-corrected chi connectivity index (χ0v) is 21.5. The number of ether oxygens (including phenoxy) is 2. The maximum absolute atomic E-state index is 14.4. The lowest BCUT2D eigenvalue weighted by atomic mass is 10.1. The highest BCUT2D eigenvalue weighted by atomic mass is 79.9. The number of halogens is 5. The molecule has 9 heteroatoms. The van der Waals surface area contributed by atoms with E-state index in [1.54, 1.807) is 37.3 Å². The minimum absolute atomic E-state index is 0.00410. The summed E-state index contributed by atoms with van der Waals surface area (Å²) < 4.78 is 66.8. The van der Waals surface area contributed by atoms with Crippen molar-refractivity contribution >= 4 is 21.9 Å². The molecule has 192 valence electrons. The first kappa shape index (κ1) is 26.5. The molecule has 0 N–H and O–H groups in total. The first-order valence-corrected chi connectivity index (χ1v) is 12.1. The van der Waals surface area contributed by atoms with E-state index in [9.17, 15) is 22.4 Å². The highest BCUT2D eigenvalue weighted by Crippen LogP contribution is 2.37. The van der Waals surface area contributed by atoms with Crippen LogP contribution in [0.2, 0.25) is 0 Å². The third-order valence-electron chi connectivity index (χ3n) is 5.67. The van der Waals surface area contributed by atoms with Crippen molar-refractivity contribution < 1.29 is 31.8 Å². The number of nitrogens with zero attached hydrogens (tertiary/aromatic N) is 1. The average molecular weight is 576 g/mol. The van der Waals surface area contributed by atoms with E-state index in [-0.39, 0.29) is 18.8 Å². The summed E-state index contributed by atoms with van der Waals surface area (Å²) in [5.74, 6) is -1.02. The van der Waals surface area contributed by atoms with Crippen molar-refractivity contribution in [2.45, 2.75) is 26.6 Å². The molecule has 1 aromatic heterocycles. The molecular weight excluding hydrogens is 554 g/mol. The number of aryl methyl sites for hydroxylation is 1. The topological polar surface area (TPSA) is 40.5 Å². The molecule has 4 aromatic rings. The van der Waals surface area contributed by atoms with Crippen LogP contribution in [0.1, 0.15) is 34.1 Å². The Labute approximate surface area is 219 Å². The van der Waals surface area contributed by atoms with Gasteiger partial charge in [-0.25, -0.2) is 9.18 Å². The van der Waals surface area contributed by atoms with Gasteiger partial charge in [-0.3, -0.25) is 0 Å². The molecule has 0 spiro atoms. The van der Waals surface area contributed by atoms with E-state index >= 15 is 0 Å². The Balaban J connectivity index is 1.70. The van der Waals surface area contributed by atoms with Gasteiger partial charge in [-0.1, -0.05) is 28.1 Å². The fourth-order valence-electron chi connectivity index (χ4n) is 3.90. The molecule has 1 heterocycles. The third kappa shape index (κ3) is 5.88. The van der Waals surface area contributed by atoms with Crippen LogP contribution in [0.25, 0.3) is 16.9 Å². The number of carbonyl (C=O) groups excluding carboxylic acids is 1. The van der Waals surface area contributed by atoms with Gasteiger partial charge in [0.05, 0.1) is 23.4 Å². The van der Waals surface area contributed by atoms with Crippen molar-refractivity contribution in [2.75, 3.05) is 6.61 Å². The molecular formula is C28H22BrF4NO3. The third-order valence-corrected chi connectivity index (χ3v) is 6.17. The zero-order valence-electron chi connectivity index (χ0n) is 19.9. The second-order valence-electron chi connectivity index (χ2n) is 8.20. The van der Waals surface area contributed by atoms with Crippen LogP contribution in [0, 0.1) is 12.7 Å². The van der Waals surface area contributed by atoms with Gasteiger partial charge in [-0.05, 0) is 74.5 Å². The van der Waals surface area contributed by atoms with E-state index in [2.05, 4.69) is 15.9 Å². The summed E-state index contributed by atoms with van der Waals surface area (Å²) in [4.78, 5) is 12.3. The molecule has 3 aromatic carbocycles. The van der Waals surface area contributed by atoms with Gasteiger partial charge in [0.1, 0.15) is 18.2 Å². The summed E-state index contributed by atoms with van der Waals surface area (Å²) in [7, 11) is 0. The van der Waals surface area contributed by atoms with Crippen molar-refractivity contribution in [2.24, 2.45) is 0 Å². The second kappa shape index (κ2) is 10.8. The SMILES string of the molecule is CCOC(=O)c1cccc(-n2c(C)ccc2-c2cc(Br)ccc2OCc2ccc(C(F)(F)F)cc2F)c1. The van der Waals surface area contributed by atoms with Crippen molar-refractivity contribution in [3.8, 4) is 22.7 Å². The monoisotopic (exact) mass is 575 g/mol. The average Bonchev–Trinajstić information content (AvgIpc) is 3.24. The molecule has 0 amide bonds. The molecule has 4 nitrogen and oxygen atoms in total. The van der Waals surface area contributed by atoms with E-state index in [0.717, 1.165) is 33.7 Å². The summed E-state index contributed by atoms with van der Waals surface area (Å²) in [6.45, 7) is 3.64. The van der Waals surface area contributed by atoms with Gasteiger partial charge < -0.3 is 14.0 Å². The van der Waals surface area contributed by atoms with Crippen molar-refractivity contribution in [1.29, 1.82) is 0 Å². The van der Waals surface area contributed by atoms with Crippen LogP contribution in [-0.4, -0.2) is 17.1 Å². The normalized spacial score (nSPS) is 11.4. The molecule has 0 bridgehead atoms. The van der Waals surface area contributed by atoms with Gasteiger partial charge >= 0.3 is 12.1 Å². The first-order valence-electron chi connectivity index (χ1n) is 11.3. The van der Waals surface area contributed by atoms with Crippen LogP contribution < -0.4 is 4.74 Å². The van der Waals surface area contributed by atoms with Gasteiger partial charge in [-0.2, -0.15) is 13.2 Å². The van der Waals surface area contributed by atoms with E-state index in [0.29, 0.717) is 22.9 Å². The highest BCUT2D eigenvalue weighted by molar-refractivity contribution is 9.10. The van der Waals surface area contributed by atoms with Gasteiger partial charge in [0.25, 0.3) is 0 Å². The Morgan fingerprint density at radius 1 is 1.00 bits per heavy atom. The number of esters is 1. The molecule has 37 heavy (non-hydrogen) atoms. The highest BCUT2D eigenvalue weighted by Gasteiger charge is 2.31. The lowest BCUT2D eigenvalue weighted by Gasteiger charge is -2.17. The number of rotatable bonds is 7. The Kier molecular flexibility index (Phi) is 7.73. The summed E-state index contributed by atoms with van der Waals surface area (Å²) in [5, 5.41) is 0. The summed E-state index contributed by atoms with van der Waals surface area (Å²) in [6, 6.07) is 18.5. The Morgan fingerprint density at radius 2 is 1.78 bits per heavy atom. The lowest BCUT2D eigenvalue weighted by Crippen LogP contribution is -2.08. The number of aromatic nitrogens is 1. The maximum atomic E-state index is 14.4. The number of benzene rings is 3. The molecule has 0 saturated heterocycles. The summed E-state index contributed by atoms with van der Waals surface area (Å²) >= 11 is 3.47. The molecule has 0 aliphatic carbocycles. The minimum atomic E-state index is -4.63. The molecule has 0 fully saturated rings. The predicted octanol–water partition coefficient (Wildman–Crippen LogP) is 8.13. The van der Waals surface area contributed by atoms with Crippen molar-refractivity contribution in [1.82, 2.24) is 4.57 Å². The number of hydrogen-bond donors (Lipinski definition) is 0. The first-order chi connectivity index (χ1) is 17.6. The standard InChI is InChI=1S/C28H22BrF4NO3/c1-3-36-27(35)18-5-4-6-22(13-18)34-17(2)7-11-25(34)23-15-21(29)10-12-26(23)37-16-19-8-9-20(14-24(19)30)28(31,32)33/h4-15H,3,16H2,1-2H3. The summed E-state index contributed by atoms with van der Waals surface area (Å²) in [6.07, 6.45) is -4.63. The smallest absolute Gasteiger partial charge is 0.416 e. The second-order valence-corrected chi connectivity index (χ2v) is 9.11. The minimum Gasteiger partial charge on any atom is -0.488 e. The molecule has 0 atom stereocenters. The van der Waals surface area contributed by atoms with Crippen LogP contribution in [-0.2, 0) is 17.5 Å².